The van der Waals surface area contributed by atoms with Crippen LogP contribution in [0.3, 0.4) is 0 Å². The second-order valence-corrected chi connectivity index (χ2v) is 5.21. The van der Waals surface area contributed by atoms with E-state index in [0.717, 1.165) is 6.42 Å². The van der Waals surface area contributed by atoms with Gasteiger partial charge in [0.15, 0.2) is 6.16 Å². The van der Waals surface area contributed by atoms with E-state index in [1.54, 1.807) is 0 Å². The summed E-state index contributed by atoms with van der Waals surface area (Å²) >= 11 is 3.34. The van der Waals surface area contributed by atoms with Gasteiger partial charge in [0.25, 0.3) is 0 Å². The molecule has 2 nitrogen and oxygen atoms in total. The largest absolute Gasteiger partial charge is 0.506 e. The van der Waals surface area contributed by atoms with Crippen LogP contribution in [-0.2, 0) is 4.57 Å². The molecule has 0 saturated carbocycles. The summed E-state index contributed by atoms with van der Waals surface area (Å²) in [5, 5.41) is 0. The van der Waals surface area contributed by atoms with Crippen LogP contribution in [0.1, 0.15) is 20.3 Å². The molecule has 0 amide bonds. The molecule has 0 saturated heterocycles. The summed E-state index contributed by atoms with van der Waals surface area (Å²) in [6.45, 7) is 3.89. The molecule has 54 valence electrons. The highest BCUT2D eigenvalue weighted by atomic mass is 79.9. The van der Waals surface area contributed by atoms with Crippen molar-refractivity contribution in [2.75, 3.05) is 6.16 Å². The Morgan fingerprint density at radius 1 is 1.78 bits per heavy atom. The van der Waals surface area contributed by atoms with Gasteiger partial charge in [0.1, 0.15) is 0 Å². The van der Waals surface area contributed by atoms with Gasteiger partial charge in [-0.15, -0.1) is 0 Å². The van der Waals surface area contributed by atoms with E-state index in [-0.39, 0.29) is 4.32 Å². The van der Waals surface area contributed by atoms with Crippen LogP contribution >= 0.6 is 24.0 Å². The molecular formula is C5H11BrO2P+. The van der Waals surface area contributed by atoms with Crippen molar-refractivity contribution >= 4 is 24.0 Å². The molecule has 0 aromatic rings. The van der Waals surface area contributed by atoms with E-state index in [1.165, 1.54) is 0 Å². The molecule has 0 radical (unpaired) electrons. The van der Waals surface area contributed by atoms with Crippen LogP contribution in [0.4, 0.5) is 0 Å². The number of hydrogen-bond acceptors (Lipinski definition) is 1. The maximum atomic E-state index is 10.3. The summed E-state index contributed by atoms with van der Waals surface area (Å²) in [6, 6.07) is 0. The third-order valence-corrected chi connectivity index (χ3v) is 3.45. The monoisotopic (exact) mass is 213 g/mol. The zero-order valence-electron chi connectivity index (χ0n) is 5.59. The summed E-state index contributed by atoms with van der Waals surface area (Å²) in [6.07, 6.45) is 1.20. The Labute approximate surface area is 64.7 Å². The third kappa shape index (κ3) is 5.01. The molecule has 0 fully saturated rings. The van der Waals surface area contributed by atoms with Gasteiger partial charge < -0.3 is 0 Å². The van der Waals surface area contributed by atoms with Crippen molar-refractivity contribution in [2.45, 2.75) is 24.6 Å². The van der Waals surface area contributed by atoms with Gasteiger partial charge in [0.2, 0.25) is 0 Å². The van der Waals surface area contributed by atoms with Crippen LogP contribution in [0.5, 0.6) is 0 Å². The van der Waals surface area contributed by atoms with E-state index in [1.807, 2.05) is 13.8 Å². The molecule has 0 rings (SSSR count). The summed E-state index contributed by atoms with van der Waals surface area (Å²) in [5.41, 5.74) is 0. The lowest BCUT2D eigenvalue weighted by Crippen LogP contribution is -2.16. The molecule has 2 unspecified atom stereocenters. The molecule has 0 aliphatic heterocycles. The Bertz CT molecular complexity index is 114. The molecular weight excluding hydrogens is 203 g/mol. The fourth-order valence-electron chi connectivity index (χ4n) is 0.394. The standard InChI is InChI=1S/C5H10BrO2P/c1-3-5(2,6)4-9(7)8/h3-4H2,1-2H3/p+1. The van der Waals surface area contributed by atoms with Gasteiger partial charge in [-0.3, -0.25) is 0 Å². The fraction of sp³-hybridized carbons (Fsp3) is 1.00. The molecule has 1 N–H and O–H groups in total. The topological polar surface area (TPSA) is 37.3 Å². The molecule has 0 spiro atoms. The lowest BCUT2D eigenvalue weighted by Gasteiger charge is -2.11. The molecule has 9 heavy (non-hydrogen) atoms. The van der Waals surface area contributed by atoms with Gasteiger partial charge in [0.05, 0.1) is 4.32 Å². The average molecular weight is 214 g/mol. The van der Waals surface area contributed by atoms with Gasteiger partial charge in [-0.05, 0) is 17.9 Å². The minimum Gasteiger partial charge on any atom is -0.161 e. The molecule has 0 heterocycles. The van der Waals surface area contributed by atoms with Crippen molar-refractivity contribution in [1.29, 1.82) is 0 Å². The minimum atomic E-state index is -1.99. The van der Waals surface area contributed by atoms with E-state index in [2.05, 4.69) is 15.9 Å². The van der Waals surface area contributed by atoms with Gasteiger partial charge >= 0.3 is 8.03 Å². The quantitative estimate of drug-likeness (QED) is 0.577. The fourth-order valence-corrected chi connectivity index (χ4v) is 1.83. The summed E-state index contributed by atoms with van der Waals surface area (Å²) < 4.78 is 10.1. The van der Waals surface area contributed by atoms with Crippen LogP contribution in [0.15, 0.2) is 0 Å². The first-order valence-electron chi connectivity index (χ1n) is 2.80. The molecule has 4 heteroatoms. The normalized spacial score (nSPS) is 18.9. The van der Waals surface area contributed by atoms with Crippen LogP contribution in [0, 0.1) is 0 Å². The molecule has 0 aromatic carbocycles. The van der Waals surface area contributed by atoms with Crippen molar-refractivity contribution in [1.82, 2.24) is 0 Å². The Morgan fingerprint density at radius 2 is 2.22 bits per heavy atom. The Hall–Kier alpha value is 0.540. The number of halogens is 1. The van der Waals surface area contributed by atoms with Crippen molar-refractivity contribution in [3.05, 3.63) is 0 Å². The highest BCUT2D eigenvalue weighted by Crippen LogP contribution is 2.30. The second-order valence-electron chi connectivity index (χ2n) is 2.28. The molecule has 0 aromatic heterocycles. The molecule has 2 atom stereocenters. The van der Waals surface area contributed by atoms with E-state index in [0.29, 0.717) is 6.16 Å². The van der Waals surface area contributed by atoms with Crippen molar-refractivity contribution in [3.63, 3.8) is 0 Å². The predicted molar refractivity (Wildman–Crippen MR) is 42.3 cm³/mol. The molecule has 0 aliphatic carbocycles. The van der Waals surface area contributed by atoms with Crippen LogP contribution in [0.2, 0.25) is 0 Å². The summed E-state index contributed by atoms with van der Waals surface area (Å²) in [5.74, 6) is 0. The number of hydrogen-bond donors (Lipinski definition) is 1. The second kappa shape index (κ2) is 3.65. The van der Waals surface area contributed by atoms with Crippen LogP contribution in [0.25, 0.3) is 0 Å². The van der Waals surface area contributed by atoms with Gasteiger partial charge in [-0.25, -0.2) is 0 Å². The lowest BCUT2D eigenvalue weighted by atomic mass is 10.2. The third-order valence-electron chi connectivity index (χ3n) is 1.20. The highest BCUT2D eigenvalue weighted by molar-refractivity contribution is 9.10. The molecule has 0 bridgehead atoms. The van der Waals surface area contributed by atoms with E-state index < -0.39 is 8.03 Å². The lowest BCUT2D eigenvalue weighted by molar-refractivity contribution is 0.494. The Morgan fingerprint density at radius 3 is 2.33 bits per heavy atom. The van der Waals surface area contributed by atoms with Gasteiger partial charge in [-0.1, -0.05) is 22.9 Å². The first-order valence-corrected chi connectivity index (χ1v) is 4.99. The van der Waals surface area contributed by atoms with Gasteiger partial charge in [-0.2, -0.15) is 4.89 Å². The predicted octanol–water partition coefficient (Wildman–Crippen LogP) is 2.28. The zero-order chi connectivity index (χ0) is 7.49. The van der Waals surface area contributed by atoms with Crippen molar-refractivity contribution < 1.29 is 9.46 Å². The minimum absolute atomic E-state index is 0.158. The summed E-state index contributed by atoms with van der Waals surface area (Å²) in [4.78, 5) is 8.50. The van der Waals surface area contributed by atoms with Gasteiger partial charge in [0, 0.05) is 0 Å². The van der Waals surface area contributed by atoms with Crippen LogP contribution < -0.4 is 0 Å². The average Bonchev–Trinajstić information content (AvgIpc) is 1.63. The molecule has 0 aliphatic rings. The number of rotatable bonds is 3. The van der Waals surface area contributed by atoms with E-state index in [9.17, 15) is 4.57 Å². The van der Waals surface area contributed by atoms with E-state index in [4.69, 9.17) is 4.89 Å². The zero-order valence-corrected chi connectivity index (χ0v) is 8.08. The Kier molecular flexibility index (Phi) is 3.86. The summed E-state index contributed by atoms with van der Waals surface area (Å²) in [7, 11) is -1.99. The van der Waals surface area contributed by atoms with E-state index >= 15 is 0 Å². The highest BCUT2D eigenvalue weighted by Gasteiger charge is 2.28. The Balaban J connectivity index is 3.71. The SMILES string of the molecule is CCC(C)(Br)C[P+](=O)O. The van der Waals surface area contributed by atoms with Crippen molar-refractivity contribution in [3.8, 4) is 0 Å². The first-order chi connectivity index (χ1) is 3.98. The maximum absolute atomic E-state index is 10.3. The smallest absolute Gasteiger partial charge is 0.161 e. The number of alkyl halides is 1. The first kappa shape index (κ1) is 9.54. The van der Waals surface area contributed by atoms with Crippen molar-refractivity contribution in [2.24, 2.45) is 0 Å². The van der Waals surface area contributed by atoms with Crippen LogP contribution in [-0.4, -0.2) is 15.4 Å². The maximum Gasteiger partial charge on any atom is 0.506 e.